The fraction of sp³-hybridized carbons (Fsp3) is 0.222. The first-order valence-electron chi connectivity index (χ1n) is 3.94. The van der Waals surface area contributed by atoms with Crippen molar-refractivity contribution in [3.05, 3.63) is 27.8 Å². The zero-order chi connectivity index (χ0) is 10.6. The van der Waals surface area contributed by atoms with Gasteiger partial charge in [-0.2, -0.15) is 5.26 Å². The summed E-state index contributed by atoms with van der Waals surface area (Å²) in [6.07, 6.45) is 5.23. The molecule has 5 heteroatoms. The van der Waals surface area contributed by atoms with Crippen LogP contribution in [0.2, 0.25) is 0 Å². The van der Waals surface area contributed by atoms with Gasteiger partial charge in [0.1, 0.15) is 22.5 Å². The summed E-state index contributed by atoms with van der Waals surface area (Å²) in [5.41, 5.74) is -0.314. The quantitative estimate of drug-likeness (QED) is 0.587. The highest BCUT2D eigenvalue weighted by Crippen LogP contribution is 2.13. The van der Waals surface area contributed by atoms with Crippen LogP contribution in [0.25, 0.3) is 6.08 Å². The molecule has 0 bridgehead atoms. The zero-order valence-electron chi connectivity index (χ0n) is 7.87. The summed E-state index contributed by atoms with van der Waals surface area (Å²) in [6.45, 7) is 1.83. The number of rotatable bonds is 2. The van der Waals surface area contributed by atoms with E-state index in [0.717, 1.165) is 0 Å². The number of hydrogen-bond donors (Lipinski definition) is 1. The summed E-state index contributed by atoms with van der Waals surface area (Å²) >= 11 is 1.29. The van der Waals surface area contributed by atoms with Crippen molar-refractivity contribution < 1.29 is 0 Å². The minimum Gasteiger partial charge on any atom is -0.306 e. The van der Waals surface area contributed by atoms with Crippen LogP contribution in [0.5, 0.6) is 0 Å². The summed E-state index contributed by atoms with van der Waals surface area (Å²) in [5, 5.41) is 9.17. The molecule has 1 N–H and O–H groups in total. The van der Waals surface area contributed by atoms with Crippen molar-refractivity contribution in [1.29, 1.82) is 5.26 Å². The summed E-state index contributed by atoms with van der Waals surface area (Å²) in [5.74, 6) is 0.473. The summed E-state index contributed by atoms with van der Waals surface area (Å²) in [6, 6.07) is 1.83. The van der Waals surface area contributed by atoms with E-state index in [1.54, 1.807) is 18.4 Å². The molecule has 1 aromatic rings. The Balaban J connectivity index is 3.41. The topological polar surface area (TPSA) is 69.5 Å². The lowest BCUT2D eigenvalue weighted by atomic mass is 10.3. The first-order chi connectivity index (χ1) is 6.72. The molecule has 0 fully saturated rings. The molecule has 1 aromatic heterocycles. The number of nitrogens with one attached hydrogen (secondary N) is 1. The molecule has 0 aliphatic carbocycles. The molecular formula is C9H9N3OS. The molecule has 1 rings (SSSR count). The van der Waals surface area contributed by atoms with E-state index in [2.05, 4.69) is 9.97 Å². The fourth-order valence-electron chi connectivity index (χ4n) is 0.952. The second-order valence-corrected chi connectivity index (χ2v) is 3.24. The Morgan fingerprint density at radius 1 is 1.64 bits per heavy atom. The molecule has 0 spiro atoms. The van der Waals surface area contributed by atoms with Crippen LogP contribution in [0.15, 0.2) is 15.9 Å². The van der Waals surface area contributed by atoms with Gasteiger partial charge in [0.25, 0.3) is 5.56 Å². The number of nitriles is 1. The van der Waals surface area contributed by atoms with E-state index in [4.69, 9.17) is 5.26 Å². The lowest BCUT2D eigenvalue weighted by Gasteiger charge is -1.99. The van der Waals surface area contributed by atoms with Crippen molar-refractivity contribution in [2.45, 2.75) is 11.9 Å². The number of aromatic nitrogens is 2. The molecular weight excluding hydrogens is 198 g/mol. The highest BCUT2D eigenvalue weighted by Gasteiger charge is 2.08. The molecule has 0 unspecified atom stereocenters. The molecule has 0 aliphatic heterocycles. The molecule has 0 saturated heterocycles. The van der Waals surface area contributed by atoms with Crippen molar-refractivity contribution in [2.24, 2.45) is 0 Å². The number of aromatic amines is 1. The average Bonchev–Trinajstić information content (AvgIpc) is 2.17. The molecule has 0 aromatic carbocycles. The van der Waals surface area contributed by atoms with Crippen LogP contribution in [-0.2, 0) is 0 Å². The van der Waals surface area contributed by atoms with Gasteiger partial charge in [0.2, 0.25) is 0 Å². The monoisotopic (exact) mass is 207 g/mol. The van der Waals surface area contributed by atoms with Crippen LogP contribution in [0.1, 0.15) is 18.3 Å². The van der Waals surface area contributed by atoms with Crippen LogP contribution in [0.4, 0.5) is 0 Å². The lowest BCUT2D eigenvalue weighted by molar-refractivity contribution is 0.977. The van der Waals surface area contributed by atoms with Gasteiger partial charge in [0.15, 0.2) is 0 Å². The van der Waals surface area contributed by atoms with Crippen LogP contribution in [0, 0.1) is 11.3 Å². The average molecular weight is 207 g/mol. The van der Waals surface area contributed by atoms with Gasteiger partial charge in [-0.15, -0.1) is 11.8 Å². The maximum Gasteiger partial charge on any atom is 0.270 e. The SMILES string of the molecule is C/C=C/c1nc(SC)c(C#N)c(=O)[nH]1. The minimum atomic E-state index is -0.389. The maximum atomic E-state index is 11.4. The van der Waals surface area contributed by atoms with Crippen LogP contribution in [-0.4, -0.2) is 16.2 Å². The van der Waals surface area contributed by atoms with E-state index in [-0.39, 0.29) is 11.1 Å². The highest BCUT2D eigenvalue weighted by atomic mass is 32.2. The molecule has 1 heterocycles. The third-order valence-electron chi connectivity index (χ3n) is 1.53. The van der Waals surface area contributed by atoms with Crippen molar-refractivity contribution in [2.75, 3.05) is 6.26 Å². The van der Waals surface area contributed by atoms with Gasteiger partial charge in [0.05, 0.1) is 0 Å². The second-order valence-electron chi connectivity index (χ2n) is 2.45. The largest absolute Gasteiger partial charge is 0.306 e. The molecule has 0 saturated carbocycles. The molecule has 72 valence electrons. The Morgan fingerprint density at radius 2 is 2.36 bits per heavy atom. The van der Waals surface area contributed by atoms with Crippen LogP contribution < -0.4 is 5.56 Å². The standard InChI is InChI=1S/C9H9N3OS/c1-3-4-7-11-8(13)6(5-10)9(12-7)14-2/h3-4H,1-2H3,(H,11,12,13)/b4-3+. The summed E-state index contributed by atoms with van der Waals surface area (Å²) < 4.78 is 0. The van der Waals surface area contributed by atoms with Gasteiger partial charge in [-0.3, -0.25) is 4.79 Å². The number of nitrogens with zero attached hydrogens (tertiary/aromatic N) is 2. The summed E-state index contributed by atoms with van der Waals surface area (Å²) in [7, 11) is 0. The van der Waals surface area contributed by atoms with E-state index in [1.807, 2.05) is 13.0 Å². The van der Waals surface area contributed by atoms with Crippen molar-refractivity contribution >= 4 is 17.8 Å². The Bertz CT molecular complexity index is 456. The molecule has 4 nitrogen and oxygen atoms in total. The third kappa shape index (κ3) is 2.03. The number of hydrogen-bond acceptors (Lipinski definition) is 4. The number of thioether (sulfide) groups is 1. The smallest absolute Gasteiger partial charge is 0.270 e. The predicted octanol–water partition coefficient (Wildman–Crippen LogP) is 1.40. The van der Waals surface area contributed by atoms with Gasteiger partial charge in [0, 0.05) is 0 Å². The van der Waals surface area contributed by atoms with Crippen molar-refractivity contribution in [1.82, 2.24) is 9.97 Å². The van der Waals surface area contributed by atoms with Gasteiger partial charge in [-0.25, -0.2) is 4.98 Å². The van der Waals surface area contributed by atoms with E-state index >= 15 is 0 Å². The molecule has 0 radical (unpaired) electrons. The van der Waals surface area contributed by atoms with Crippen LogP contribution in [0.3, 0.4) is 0 Å². The fourth-order valence-corrected chi connectivity index (χ4v) is 1.48. The van der Waals surface area contributed by atoms with E-state index in [0.29, 0.717) is 10.9 Å². The normalized spacial score (nSPS) is 10.4. The molecule has 14 heavy (non-hydrogen) atoms. The Labute approximate surface area is 85.7 Å². The van der Waals surface area contributed by atoms with Gasteiger partial charge in [-0.05, 0) is 19.3 Å². The minimum absolute atomic E-state index is 0.0748. The van der Waals surface area contributed by atoms with E-state index in [9.17, 15) is 4.79 Å². The highest BCUT2D eigenvalue weighted by molar-refractivity contribution is 7.98. The van der Waals surface area contributed by atoms with Crippen LogP contribution >= 0.6 is 11.8 Å². The zero-order valence-corrected chi connectivity index (χ0v) is 8.68. The van der Waals surface area contributed by atoms with Gasteiger partial charge in [-0.1, -0.05) is 6.08 Å². The molecule has 0 aliphatic rings. The Kier molecular flexibility index (Phi) is 3.48. The van der Waals surface area contributed by atoms with Gasteiger partial charge >= 0.3 is 0 Å². The number of H-pyrrole nitrogens is 1. The number of allylic oxidation sites excluding steroid dienone is 1. The molecule has 0 atom stereocenters. The Morgan fingerprint density at radius 3 is 2.86 bits per heavy atom. The Hall–Kier alpha value is -1.54. The predicted molar refractivity (Wildman–Crippen MR) is 56.1 cm³/mol. The lowest BCUT2D eigenvalue weighted by Crippen LogP contribution is -2.14. The van der Waals surface area contributed by atoms with Gasteiger partial charge < -0.3 is 4.98 Å². The molecule has 0 amide bonds. The van der Waals surface area contributed by atoms with Crippen molar-refractivity contribution in [3.8, 4) is 6.07 Å². The summed E-state index contributed by atoms with van der Waals surface area (Å²) in [4.78, 5) is 18.0. The first kappa shape index (κ1) is 10.5. The third-order valence-corrected chi connectivity index (χ3v) is 2.22. The maximum absolute atomic E-state index is 11.4. The first-order valence-corrected chi connectivity index (χ1v) is 5.16. The second kappa shape index (κ2) is 4.63. The van der Waals surface area contributed by atoms with E-state index in [1.165, 1.54) is 11.8 Å². The van der Waals surface area contributed by atoms with E-state index < -0.39 is 0 Å². The van der Waals surface area contributed by atoms with Crippen molar-refractivity contribution in [3.63, 3.8) is 0 Å².